The van der Waals surface area contributed by atoms with E-state index in [0.29, 0.717) is 18.7 Å². The summed E-state index contributed by atoms with van der Waals surface area (Å²) in [5.74, 6) is 0.622. The fraction of sp³-hybridized carbons (Fsp3) is 0.550. The second kappa shape index (κ2) is 8.90. The zero-order chi connectivity index (χ0) is 17.5. The van der Waals surface area contributed by atoms with E-state index < -0.39 is 0 Å². The molecule has 0 saturated carbocycles. The van der Waals surface area contributed by atoms with Crippen molar-refractivity contribution in [2.75, 3.05) is 44.7 Å². The monoisotopic (exact) mass is 344 g/mol. The summed E-state index contributed by atoms with van der Waals surface area (Å²) in [7, 11) is 0. The van der Waals surface area contributed by atoms with Crippen molar-refractivity contribution in [3.05, 3.63) is 29.3 Å². The Balaban J connectivity index is 1.49. The van der Waals surface area contributed by atoms with Crippen LogP contribution in [-0.2, 0) is 9.53 Å². The van der Waals surface area contributed by atoms with E-state index in [0.717, 1.165) is 36.6 Å². The Kier molecular flexibility index (Phi) is 6.34. The molecule has 0 bridgehead atoms. The number of carbonyl (C=O) groups excluding carboxylic acids is 1. The van der Waals surface area contributed by atoms with E-state index in [4.69, 9.17) is 9.47 Å². The fourth-order valence-corrected chi connectivity index (χ4v) is 3.35. The number of esters is 1. The van der Waals surface area contributed by atoms with Gasteiger partial charge in [-0.3, -0.25) is 0 Å². The molecule has 0 amide bonds. The van der Waals surface area contributed by atoms with Crippen molar-refractivity contribution in [1.82, 2.24) is 4.90 Å². The number of piperidine rings is 1. The first-order chi connectivity index (χ1) is 12.3. The van der Waals surface area contributed by atoms with Gasteiger partial charge in [0.25, 0.3) is 0 Å². The molecule has 136 valence electrons. The number of nitrogens with one attached hydrogen (secondary N) is 1. The molecule has 1 fully saturated rings. The number of anilines is 1. The van der Waals surface area contributed by atoms with E-state index in [1.54, 1.807) is 0 Å². The van der Waals surface area contributed by atoms with Gasteiger partial charge in [-0.2, -0.15) is 0 Å². The molecule has 1 N–H and O–H groups in total. The summed E-state index contributed by atoms with van der Waals surface area (Å²) in [4.78, 5) is 14.4. The van der Waals surface area contributed by atoms with Gasteiger partial charge in [-0.05, 0) is 63.0 Å². The van der Waals surface area contributed by atoms with Crippen LogP contribution in [0, 0.1) is 0 Å². The maximum Gasteiger partial charge on any atom is 0.335 e. The van der Waals surface area contributed by atoms with Crippen LogP contribution < -0.4 is 10.1 Å². The van der Waals surface area contributed by atoms with Gasteiger partial charge in [-0.25, -0.2) is 4.79 Å². The lowest BCUT2D eigenvalue weighted by Gasteiger charge is -2.26. The third kappa shape index (κ3) is 4.98. The van der Waals surface area contributed by atoms with Crippen LogP contribution in [-0.4, -0.2) is 50.3 Å². The fourth-order valence-electron chi connectivity index (χ4n) is 3.35. The number of carbonyl (C=O) groups is 1. The number of hydrogen-bond acceptors (Lipinski definition) is 5. The van der Waals surface area contributed by atoms with Crippen LogP contribution in [0.4, 0.5) is 5.69 Å². The second-order valence-corrected chi connectivity index (χ2v) is 6.60. The molecular formula is C20H28N2O3. The van der Waals surface area contributed by atoms with Gasteiger partial charge in [0.2, 0.25) is 0 Å². The zero-order valence-electron chi connectivity index (χ0n) is 15.1. The van der Waals surface area contributed by atoms with Crippen LogP contribution in [0.25, 0.3) is 6.08 Å². The van der Waals surface area contributed by atoms with Crippen LogP contribution in [0.1, 0.15) is 38.2 Å². The molecule has 0 spiro atoms. The number of ether oxygens (including phenoxy) is 2. The number of hydrogen-bond donors (Lipinski definition) is 1. The Hall–Kier alpha value is -2.01. The largest absolute Gasteiger partial charge is 0.493 e. The highest BCUT2D eigenvalue weighted by molar-refractivity contribution is 5.97. The van der Waals surface area contributed by atoms with Crippen molar-refractivity contribution in [1.29, 1.82) is 0 Å². The van der Waals surface area contributed by atoms with Crippen molar-refractivity contribution in [2.24, 2.45) is 0 Å². The van der Waals surface area contributed by atoms with Gasteiger partial charge < -0.3 is 19.7 Å². The summed E-state index contributed by atoms with van der Waals surface area (Å²) in [6.45, 7) is 7.03. The van der Waals surface area contributed by atoms with Gasteiger partial charge >= 0.3 is 5.97 Å². The smallest absolute Gasteiger partial charge is 0.335 e. The summed E-state index contributed by atoms with van der Waals surface area (Å²) in [6.07, 6.45) is 6.99. The minimum absolute atomic E-state index is 0.251. The molecule has 5 heteroatoms. The number of nitrogens with zero attached hydrogens (tertiary/aromatic N) is 1. The first-order valence-corrected chi connectivity index (χ1v) is 9.37. The van der Waals surface area contributed by atoms with Crippen LogP contribution in [0.15, 0.2) is 23.8 Å². The molecular weight excluding hydrogens is 316 g/mol. The van der Waals surface area contributed by atoms with E-state index in [1.807, 2.05) is 31.2 Å². The molecule has 2 heterocycles. The number of fused-ring (bicyclic) bond motifs is 1. The lowest BCUT2D eigenvalue weighted by Crippen LogP contribution is -2.31. The summed E-state index contributed by atoms with van der Waals surface area (Å²) in [5, 5.41) is 3.28. The van der Waals surface area contributed by atoms with Crippen LogP contribution in [0.2, 0.25) is 0 Å². The summed E-state index contributed by atoms with van der Waals surface area (Å²) < 4.78 is 11.0. The zero-order valence-corrected chi connectivity index (χ0v) is 15.1. The molecule has 3 rings (SSSR count). The highest BCUT2D eigenvalue weighted by Gasteiger charge is 2.17. The average molecular weight is 344 g/mol. The Morgan fingerprint density at radius 3 is 2.88 bits per heavy atom. The summed E-state index contributed by atoms with van der Waals surface area (Å²) in [6, 6.07) is 5.96. The number of rotatable bonds is 7. The third-order valence-corrected chi connectivity index (χ3v) is 4.70. The van der Waals surface area contributed by atoms with Gasteiger partial charge in [0.15, 0.2) is 0 Å². The molecule has 1 aromatic carbocycles. The molecule has 1 aromatic rings. The van der Waals surface area contributed by atoms with Crippen molar-refractivity contribution >= 4 is 17.7 Å². The Morgan fingerprint density at radius 1 is 1.24 bits per heavy atom. The molecule has 2 aliphatic heterocycles. The van der Waals surface area contributed by atoms with Crippen molar-refractivity contribution < 1.29 is 14.3 Å². The van der Waals surface area contributed by atoms with Crippen LogP contribution in [0.5, 0.6) is 5.75 Å². The second-order valence-electron chi connectivity index (χ2n) is 6.60. The SMILES string of the molecule is CCOC(=O)C1=Cc2ccc(OCCCN3CCCCC3)cc2NC1. The lowest BCUT2D eigenvalue weighted by molar-refractivity contribution is -0.138. The highest BCUT2D eigenvalue weighted by atomic mass is 16.5. The van der Waals surface area contributed by atoms with E-state index in [2.05, 4.69) is 10.2 Å². The minimum Gasteiger partial charge on any atom is -0.493 e. The number of likely N-dealkylation sites (tertiary alicyclic amines) is 1. The van der Waals surface area contributed by atoms with Crippen molar-refractivity contribution in [2.45, 2.75) is 32.6 Å². The average Bonchev–Trinajstić information content (AvgIpc) is 2.66. The maximum atomic E-state index is 11.8. The first kappa shape index (κ1) is 17.8. The Bertz CT molecular complexity index is 621. The topological polar surface area (TPSA) is 50.8 Å². The van der Waals surface area contributed by atoms with Crippen molar-refractivity contribution in [3.63, 3.8) is 0 Å². The third-order valence-electron chi connectivity index (χ3n) is 4.70. The summed E-state index contributed by atoms with van der Waals surface area (Å²) in [5.41, 5.74) is 2.65. The van der Waals surface area contributed by atoms with E-state index in [1.165, 1.54) is 32.4 Å². The molecule has 2 aliphatic rings. The first-order valence-electron chi connectivity index (χ1n) is 9.37. The maximum absolute atomic E-state index is 11.8. The predicted molar refractivity (Wildman–Crippen MR) is 99.9 cm³/mol. The van der Waals surface area contributed by atoms with Crippen LogP contribution in [0.3, 0.4) is 0 Å². The molecule has 0 unspecified atom stereocenters. The molecule has 25 heavy (non-hydrogen) atoms. The standard InChI is InChI=1S/C20H28N2O3/c1-2-24-20(23)17-13-16-7-8-18(14-19(16)21-15-17)25-12-6-11-22-9-4-3-5-10-22/h7-8,13-14,21H,2-6,9-12,15H2,1H3. The molecule has 1 saturated heterocycles. The highest BCUT2D eigenvalue weighted by Crippen LogP contribution is 2.28. The minimum atomic E-state index is -0.251. The Labute approximate surface area is 150 Å². The lowest BCUT2D eigenvalue weighted by atomic mass is 10.0. The van der Waals surface area contributed by atoms with Gasteiger partial charge in [-0.1, -0.05) is 6.42 Å². The van der Waals surface area contributed by atoms with Gasteiger partial charge in [0.1, 0.15) is 5.75 Å². The molecule has 0 aromatic heterocycles. The molecule has 0 atom stereocenters. The molecule has 0 radical (unpaired) electrons. The van der Waals surface area contributed by atoms with Crippen molar-refractivity contribution in [3.8, 4) is 5.75 Å². The van der Waals surface area contributed by atoms with Gasteiger partial charge in [-0.15, -0.1) is 0 Å². The van der Waals surface area contributed by atoms with Gasteiger partial charge in [0, 0.05) is 24.8 Å². The number of benzene rings is 1. The van der Waals surface area contributed by atoms with E-state index in [9.17, 15) is 4.79 Å². The van der Waals surface area contributed by atoms with E-state index in [-0.39, 0.29) is 5.97 Å². The normalized spacial score (nSPS) is 17.2. The van der Waals surface area contributed by atoms with Gasteiger partial charge in [0.05, 0.1) is 18.8 Å². The Morgan fingerprint density at radius 2 is 2.08 bits per heavy atom. The molecule has 0 aliphatic carbocycles. The van der Waals surface area contributed by atoms with E-state index >= 15 is 0 Å². The van der Waals surface area contributed by atoms with Crippen LogP contribution >= 0.6 is 0 Å². The predicted octanol–water partition coefficient (Wildman–Crippen LogP) is 3.31. The summed E-state index contributed by atoms with van der Waals surface area (Å²) >= 11 is 0. The quantitative estimate of drug-likeness (QED) is 0.607. The molecule has 5 nitrogen and oxygen atoms in total.